The van der Waals surface area contributed by atoms with Crippen molar-refractivity contribution in [2.24, 2.45) is 0 Å². The smallest absolute Gasteiger partial charge is 0.226 e. The van der Waals surface area contributed by atoms with Crippen molar-refractivity contribution in [3.05, 3.63) is 71.9 Å². The molecule has 1 amide bonds. The molecule has 1 aromatic heterocycles. The van der Waals surface area contributed by atoms with Crippen molar-refractivity contribution in [1.29, 1.82) is 0 Å². The minimum atomic E-state index is 0.0270. The van der Waals surface area contributed by atoms with E-state index >= 15 is 0 Å². The first kappa shape index (κ1) is 15.0. The van der Waals surface area contributed by atoms with Crippen LogP contribution in [-0.4, -0.2) is 21.9 Å². The van der Waals surface area contributed by atoms with Crippen LogP contribution in [0.1, 0.15) is 23.5 Å². The normalized spacial score (nSPS) is 16.5. The van der Waals surface area contributed by atoms with E-state index in [4.69, 9.17) is 0 Å². The van der Waals surface area contributed by atoms with Gasteiger partial charge in [0.2, 0.25) is 5.91 Å². The third-order valence-electron chi connectivity index (χ3n) is 4.34. The maximum atomic E-state index is 12.3. The van der Waals surface area contributed by atoms with Crippen LogP contribution in [0.3, 0.4) is 0 Å². The molecule has 0 saturated heterocycles. The number of nitrogens with one attached hydrogen (secondary N) is 1. The van der Waals surface area contributed by atoms with Crippen LogP contribution in [0.2, 0.25) is 0 Å². The Kier molecular flexibility index (Phi) is 3.86. The number of aromatic nitrogens is 2. The Morgan fingerprint density at radius 3 is 2.58 bits per heavy atom. The summed E-state index contributed by atoms with van der Waals surface area (Å²) in [5.74, 6) is 0.845. The summed E-state index contributed by atoms with van der Waals surface area (Å²) in [6.07, 6.45) is 4.38. The quantitative estimate of drug-likeness (QED) is 0.734. The third kappa shape index (κ3) is 2.61. The lowest BCUT2D eigenvalue weighted by atomic mass is 9.87. The van der Waals surface area contributed by atoms with E-state index in [1.807, 2.05) is 36.5 Å². The lowest BCUT2D eigenvalue weighted by Crippen LogP contribution is -2.24. The molecule has 4 nitrogen and oxygen atoms in total. The molecule has 0 saturated carbocycles. The maximum absolute atomic E-state index is 12.3. The molecule has 0 aliphatic carbocycles. The number of nitrogens with zero attached hydrogens (tertiary/aromatic N) is 2. The Bertz CT molecular complexity index is 871. The summed E-state index contributed by atoms with van der Waals surface area (Å²) in [5.41, 5.74) is 3.16. The van der Waals surface area contributed by atoms with Gasteiger partial charge in [0, 0.05) is 22.8 Å². The second-order valence-electron chi connectivity index (χ2n) is 5.77. The zero-order chi connectivity index (χ0) is 16.5. The summed E-state index contributed by atoms with van der Waals surface area (Å²) in [6.45, 7) is 0. The molecular weight excluding hydrogens is 318 g/mol. The lowest BCUT2D eigenvalue weighted by molar-refractivity contribution is -0.116. The summed E-state index contributed by atoms with van der Waals surface area (Å²) < 4.78 is 1.80. The summed E-state index contributed by atoms with van der Waals surface area (Å²) >= 11 is 1.72. The standard InChI is InChI=1S/C19H17N3OS/c1-24-15-9-7-13(8-10-15)16-11-18(23)21-19-17(16)12-20-22(19)14-5-3-2-4-6-14/h2-10,12,16H,11H2,1H3,(H,21,23)/t16-/m1/s1. The number of carbonyl (C=O) groups is 1. The minimum Gasteiger partial charge on any atom is -0.310 e. The van der Waals surface area contributed by atoms with Gasteiger partial charge in [0.15, 0.2) is 0 Å². The van der Waals surface area contributed by atoms with Crippen LogP contribution in [0.4, 0.5) is 5.82 Å². The van der Waals surface area contributed by atoms with Gasteiger partial charge in [0.25, 0.3) is 0 Å². The number of benzene rings is 2. The van der Waals surface area contributed by atoms with Gasteiger partial charge < -0.3 is 5.32 Å². The number of hydrogen-bond acceptors (Lipinski definition) is 3. The van der Waals surface area contributed by atoms with Crippen LogP contribution < -0.4 is 5.32 Å². The van der Waals surface area contributed by atoms with Crippen LogP contribution in [0.15, 0.2) is 65.7 Å². The predicted molar refractivity (Wildman–Crippen MR) is 96.9 cm³/mol. The summed E-state index contributed by atoms with van der Waals surface area (Å²) in [4.78, 5) is 13.5. The molecule has 120 valence electrons. The lowest BCUT2D eigenvalue weighted by Gasteiger charge is -2.24. The summed E-state index contributed by atoms with van der Waals surface area (Å²) in [6, 6.07) is 18.3. The van der Waals surface area contributed by atoms with E-state index in [2.05, 4.69) is 40.9 Å². The van der Waals surface area contributed by atoms with Gasteiger partial charge in [-0.1, -0.05) is 30.3 Å². The van der Waals surface area contributed by atoms with Gasteiger partial charge in [-0.2, -0.15) is 5.10 Å². The van der Waals surface area contributed by atoms with Crippen LogP contribution in [0.25, 0.3) is 5.69 Å². The molecule has 4 rings (SSSR count). The topological polar surface area (TPSA) is 46.9 Å². The van der Waals surface area contributed by atoms with Gasteiger partial charge in [0.05, 0.1) is 11.9 Å². The molecule has 5 heteroatoms. The fourth-order valence-electron chi connectivity index (χ4n) is 3.12. The molecule has 2 heterocycles. The van der Waals surface area contributed by atoms with Gasteiger partial charge in [-0.3, -0.25) is 4.79 Å². The zero-order valence-corrected chi connectivity index (χ0v) is 14.1. The highest BCUT2D eigenvalue weighted by Gasteiger charge is 2.30. The molecule has 0 fully saturated rings. The number of hydrogen-bond donors (Lipinski definition) is 1. The average Bonchev–Trinajstić information content (AvgIpc) is 3.05. The van der Waals surface area contributed by atoms with E-state index in [1.165, 1.54) is 4.90 Å². The first-order valence-corrected chi connectivity index (χ1v) is 9.06. The minimum absolute atomic E-state index is 0.0270. The van der Waals surface area contributed by atoms with Gasteiger partial charge >= 0.3 is 0 Å². The van der Waals surface area contributed by atoms with Crippen LogP contribution in [0.5, 0.6) is 0 Å². The van der Waals surface area contributed by atoms with E-state index in [1.54, 1.807) is 16.4 Å². The van der Waals surface area contributed by atoms with Crippen molar-refractivity contribution in [2.75, 3.05) is 11.6 Å². The molecule has 1 aliphatic rings. The number of thioether (sulfide) groups is 1. The van der Waals surface area contributed by atoms with E-state index in [-0.39, 0.29) is 11.8 Å². The van der Waals surface area contributed by atoms with Crippen molar-refractivity contribution >= 4 is 23.5 Å². The number of carbonyl (C=O) groups excluding carboxylic acids is 1. The Morgan fingerprint density at radius 1 is 1.12 bits per heavy atom. The zero-order valence-electron chi connectivity index (χ0n) is 13.3. The highest BCUT2D eigenvalue weighted by molar-refractivity contribution is 7.98. The van der Waals surface area contributed by atoms with Crippen molar-refractivity contribution in [2.45, 2.75) is 17.2 Å². The van der Waals surface area contributed by atoms with Crippen LogP contribution in [0, 0.1) is 0 Å². The molecular formula is C19H17N3OS. The Hall–Kier alpha value is -2.53. The SMILES string of the molecule is CSc1ccc([C@H]2CC(=O)Nc3c2cnn3-c2ccccc2)cc1. The first-order chi connectivity index (χ1) is 11.8. The van der Waals surface area contributed by atoms with Gasteiger partial charge in [0.1, 0.15) is 5.82 Å². The van der Waals surface area contributed by atoms with E-state index < -0.39 is 0 Å². The molecule has 1 atom stereocenters. The molecule has 1 N–H and O–H groups in total. The van der Waals surface area contributed by atoms with Crippen LogP contribution in [-0.2, 0) is 4.79 Å². The second-order valence-corrected chi connectivity index (χ2v) is 6.65. The Labute approximate surface area is 144 Å². The largest absolute Gasteiger partial charge is 0.310 e. The first-order valence-electron chi connectivity index (χ1n) is 7.83. The van der Waals surface area contributed by atoms with E-state index in [0.29, 0.717) is 6.42 Å². The molecule has 3 aromatic rings. The monoisotopic (exact) mass is 335 g/mol. The fraction of sp³-hybridized carbons (Fsp3) is 0.158. The van der Waals surface area contributed by atoms with Crippen molar-refractivity contribution in [3.8, 4) is 5.69 Å². The van der Waals surface area contributed by atoms with Crippen molar-refractivity contribution in [1.82, 2.24) is 9.78 Å². The highest BCUT2D eigenvalue weighted by atomic mass is 32.2. The number of fused-ring (bicyclic) bond motifs is 1. The van der Waals surface area contributed by atoms with Crippen molar-refractivity contribution in [3.63, 3.8) is 0 Å². The van der Waals surface area contributed by atoms with Gasteiger partial charge in [-0.05, 0) is 36.1 Å². The van der Waals surface area contributed by atoms with Crippen LogP contribution >= 0.6 is 11.8 Å². The number of amides is 1. The molecule has 0 bridgehead atoms. The fourth-order valence-corrected chi connectivity index (χ4v) is 3.53. The molecule has 0 radical (unpaired) electrons. The van der Waals surface area contributed by atoms with E-state index in [9.17, 15) is 4.79 Å². The Morgan fingerprint density at radius 2 is 1.88 bits per heavy atom. The molecule has 0 unspecified atom stereocenters. The average molecular weight is 335 g/mol. The highest BCUT2D eigenvalue weighted by Crippen LogP contribution is 2.38. The van der Waals surface area contributed by atoms with Gasteiger partial charge in [-0.25, -0.2) is 4.68 Å². The second kappa shape index (κ2) is 6.17. The number of rotatable bonds is 3. The maximum Gasteiger partial charge on any atom is 0.226 e. The number of para-hydroxylation sites is 1. The predicted octanol–water partition coefficient (Wildman–Crippen LogP) is 4.07. The van der Waals surface area contributed by atoms with E-state index in [0.717, 1.165) is 22.6 Å². The van der Waals surface area contributed by atoms with Gasteiger partial charge in [-0.15, -0.1) is 11.8 Å². The molecule has 2 aromatic carbocycles. The molecule has 1 aliphatic heterocycles. The number of anilines is 1. The Balaban J connectivity index is 1.78. The third-order valence-corrected chi connectivity index (χ3v) is 5.08. The summed E-state index contributed by atoms with van der Waals surface area (Å²) in [5, 5.41) is 7.50. The molecule has 0 spiro atoms. The molecule has 24 heavy (non-hydrogen) atoms. The van der Waals surface area contributed by atoms with Crippen molar-refractivity contribution < 1.29 is 4.79 Å². The summed E-state index contributed by atoms with van der Waals surface area (Å²) in [7, 11) is 0.